The lowest BCUT2D eigenvalue weighted by molar-refractivity contribution is -0.143. The third kappa shape index (κ3) is 5.10. The van der Waals surface area contributed by atoms with Crippen LogP contribution in [0.2, 0.25) is 0 Å². The molecular weight excluding hydrogens is 266 g/mol. The van der Waals surface area contributed by atoms with Gasteiger partial charge in [0.15, 0.2) is 0 Å². The first-order valence-corrected chi connectivity index (χ1v) is 7.81. The number of nitrogens with zero attached hydrogens (tertiary/aromatic N) is 2. The smallest absolute Gasteiger partial charge is 0.305 e. The van der Waals surface area contributed by atoms with Crippen molar-refractivity contribution in [3.63, 3.8) is 0 Å². The van der Waals surface area contributed by atoms with Gasteiger partial charge in [-0.05, 0) is 44.0 Å². The second kappa shape index (κ2) is 8.74. The van der Waals surface area contributed by atoms with Gasteiger partial charge in [0.25, 0.3) is 0 Å². The minimum absolute atomic E-state index is 0.0801. The summed E-state index contributed by atoms with van der Waals surface area (Å²) in [6.45, 7) is 6.39. The predicted octanol–water partition coefficient (Wildman–Crippen LogP) is 1.76. The largest absolute Gasteiger partial charge is 0.466 e. The molecule has 1 saturated heterocycles. The monoisotopic (exact) mass is 291 g/mol. The molecule has 2 rings (SSSR count). The molecule has 0 bridgehead atoms. The molecular formula is C16H25N3O2. The highest BCUT2D eigenvalue weighted by Crippen LogP contribution is 2.21. The zero-order valence-corrected chi connectivity index (χ0v) is 12.8. The number of piperazine rings is 1. The maximum absolute atomic E-state index is 11.3. The number of pyridine rings is 1. The molecule has 1 aliphatic heterocycles. The SMILES string of the molecule is CCOC(=O)CCCCN1CCNCC1c1ccncc1. The fourth-order valence-electron chi connectivity index (χ4n) is 2.75. The summed E-state index contributed by atoms with van der Waals surface area (Å²) < 4.78 is 4.95. The standard InChI is InChI=1S/C16H25N3O2/c1-2-21-16(20)5-3-4-11-19-12-10-18-13-15(19)14-6-8-17-9-7-14/h6-9,15,18H,2-5,10-13H2,1H3. The van der Waals surface area contributed by atoms with E-state index in [1.165, 1.54) is 5.56 Å². The Morgan fingerprint density at radius 3 is 3.00 bits per heavy atom. The molecule has 0 radical (unpaired) electrons. The first-order chi connectivity index (χ1) is 10.3. The van der Waals surface area contributed by atoms with E-state index >= 15 is 0 Å². The van der Waals surface area contributed by atoms with Crippen LogP contribution >= 0.6 is 0 Å². The van der Waals surface area contributed by atoms with Gasteiger partial charge in [0.2, 0.25) is 0 Å². The first-order valence-electron chi connectivity index (χ1n) is 7.81. The number of unbranched alkanes of at least 4 members (excludes halogenated alkanes) is 1. The molecule has 1 atom stereocenters. The summed E-state index contributed by atoms with van der Waals surface area (Å²) in [5, 5.41) is 3.45. The predicted molar refractivity (Wildman–Crippen MR) is 81.9 cm³/mol. The first kappa shape index (κ1) is 15.9. The van der Waals surface area contributed by atoms with Crippen molar-refractivity contribution < 1.29 is 9.53 Å². The van der Waals surface area contributed by atoms with Crippen molar-refractivity contribution in [3.05, 3.63) is 30.1 Å². The van der Waals surface area contributed by atoms with Crippen LogP contribution in [-0.2, 0) is 9.53 Å². The van der Waals surface area contributed by atoms with E-state index in [4.69, 9.17) is 4.74 Å². The van der Waals surface area contributed by atoms with E-state index in [0.29, 0.717) is 19.1 Å². The van der Waals surface area contributed by atoms with Crippen molar-refractivity contribution in [2.24, 2.45) is 0 Å². The van der Waals surface area contributed by atoms with Crippen LogP contribution in [0.15, 0.2) is 24.5 Å². The van der Waals surface area contributed by atoms with Crippen LogP contribution in [0.5, 0.6) is 0 Å². The van der Waals surface area contributed by atoms with Gasteiger partial charge < -0.3 is 10.1 Å². The molecule has 0 amide bonds. The summed E-state index contributed by atoms with van der Waals surface area (Å²) in [6.07, 6.45) is 6.15. The highest BCUT2D eigenvalue weighted by atomic mass is 16.5. The van der Waals surface area contributed by atoms with Crippen LogP contribution in [0, 0.1) is 0 Å². The molecule has 1 aliphatic rings. The van der Waals surface area contributed by atoms with E-state index in [1.807, 2.05) is 19.3 Å². The highest BCUT2D eigenvalue weighted by Gasteiger charge is 2.22. The fraction of sp³-hybridized carbons (Fsp3) is 0.625. The zero-order chi connectivity index (χ0) is 14.9. The fourth-order valence-corrected chi connectivity index (χ4v) is 2.75. The molecule has 1 fully saturated rings. The number of ether oxygens (including phenoxy) is 1. The van der Waals surface area contributed by atoms with Crippen LogP contribution in [-0.4, -0.2) is 48.6 Å². The van der Waals surface area contributed by atoms with Crippen molar-refractivity contribution in [3.8, 4) is 0 Å². The van der Waals surface area contributed by atoms with Crippen molar-refractivity contribution in [2.45, 2.75) is 32.2 Å². The number of hydrogen-bond acceptors (Lipinski definition) is 5. The van der Waals surface area contributed by atoms with E-state index in [0.717, 1.165) is 39.0 Å². The lowest BCUT2D eigenvalue weighted by Gasteiger charge is -2.36. The Labute approximate surface area is 126 Å². The molecule has 0 aromatic carbocycles. The Morgan fingerprint density at radius 1 is 1.43 bits per heavy atom. The Bertz CT molecular complexity index is 425. The molecule has 0 saturated carbocycles. The van der Waals surface area contributed by atoms with E-state index in [2.05, 4.69) is 27.3 Å². The van der Waals surface area contributed by atoms with Crippen LogP contribution in [0.3, 0.4) is 0 Å². The minimum Gasteiger partial charge on any atom is -0.466 e. The molecule has 1 aromatic heterocycles. The van der Waals surface area contributed by atoms with Gasteiger partial charge in [-0.2, -0.15) is 0 Å². The third-order valence-corrected chi connectivity index (χ3v) is 3.83. The van der Waals surface area contributed by atoms with Gasteiger partial charge in [0.05, 0.1) is 6.61 Å². The van der Waals surface area contributed by atoms with Gasteiger partial charge in [-0.15, -0.1) is 0 Å². The van der Waals surface area contributed by atoms with E-state index < -0.39 is 0 Å². The second-order valence-corrected chi connectivity index (χ2v) is 5.30. The zero-order valence-electron chi connectivity index (χ0n) is 12.8. The van der Waals surface area contributed by atoms with Gasteiger partial charge in [-0.1, -0.05) is 0 Å². The van der Waals surface area contributed by atoms with Gasteiger partial charge >= 0.3 is 5.97 Å². The number of nitrogens with one attached hydrogen (secondary N) is 1. The summed E-state index contributed by atoms with van der Waals surface area (Å²) in [7, 11) is 0. The summed E-state index contributed by atoms with van der Waals surface area (Å²) in [6, 6.07) is 4.58. The average Bonchev–Trinajstić information content (AvgIpc) is 2.53. The van der Waals surface area contributed by atoms with Crippen LogP contribution in [0.25, 0.3) is 0 Å². The molecule has 0 spiro atoms. The lowest BCUT2D eigenvalue weighted by Crippen LogP contribution is -2.46. The molecule has 116 valence electrons. The highest BCUT2D eigenvalue weighted by molar-refractivity contribution is 5.69. The summed E-state index contributed by atoms with van der Waals surface area (Å²) in [5.41, 5.74) is 1.31. The number of carbonyl (C=O) groups is 1. The van der Waals surface area contributed by atoms with Crippen molar-refractivity contribution in [1.29, 1.82) is 0 Å². The third-order valence-electron chi connectivity index (χ3n) is 3.83. The van der Waals surface area contributed by atoms with Gasteiger partial charge in [0.1, 0.15) is 0 Å². The molecule has 1 unspecified atom stereocenters. The van der Waals surface area contributed by atoms with E-state index in [-0.39, 0.29) is 5.97 Å². The van der Waals surface area contributed by atoms with Gasteiger partial charge in [-0.3, -0.25) is 14.7 Å². The topological polar surface area (TPSA) is 54.5 Å². The second-order valence-electron chi connectivity index (χ2n) is 5.30. The van der Waals surface area contributed by atoms with Gasteiger partial charge in [0, 0.05) is 44.5 Å². The number of hydrogen-bond donors (Lipinski definition) is 1. The number of carbonyl (C=O) groups excluding carboxylic acids is 1. The van der Waals surface area contributed by atoms with Crippen molar-refractivity contribution in [1.82, 2.24) is 15.2 Å². The molecule has 21 heavy (non-hydrogen) atoms. The summed E-state index contributed by atoms with van der Waals surface area (Å²) >= 11 is 0. The maximum atomic E-state index is 11.3. The molecule has 5 heteroatoms. The Hall–Kier alpha value is -1.46. The van der Waals surface area contributed by atoms with E-state index in [1.54, 1.807) is 0 Å². The maximum Gasteiger partial charge on any atom is 0.305 e. The quantitative estimate of drug-likeness (QED) is 0.613. The molecule has 2 heterocycles. The van der Waals surface area contributed by atoms with Gasteiger partial charge in [-0.25, -0.2) is 0 Å². The summed E-state index contributed by atoms with van der Waals surface area (Å²) in [5.74, 6) is -0.0801. The normalized spacial score (nSPS) is 19.4. The number of rotatable bonds is 7. The minimum atomic E-state index is -0.0801. The van der Waals surface area contributed by atoms with Crippen LogP contribution in [0.1, 0.15) is 37.8 Å². The number of aromatic nitrogens is 1. The Morgan fingerprint density at radius 2 is 2.24 bits per heavy atom. The van der Waals surface area contributed by atoms with Crippen LogP contribution < -0.4 is 5.32 Å². The molecule has 1 N–H and O–H groups in total. The van der Waals surface area contributed by atoms with E-state index in [9.17, 15) is 4.79 Å². The Balaban J connectivity index is 1.79. The van der Waals surface area contributed by atoms with Crippen molar-refractivity contribution >= 4 is 5.97 Å². The number of esters is 1. The Kier molecular flexibility index (Phi) is 6.63. The lowest BCUT2D eigenvalue weighted by atomic mass is 10.0. The van der Waals surface area contributed by atoms with Crippen molar-refractivity contribution in [2.75, 3.05) is 32.8 Å². The van der Waals surface area contributed by atoms with Crippen LogP contribution in [0.4, 0.5) is 0 Å². The average molecular weight is 291 g/mol. The molecule has 1 aromatic rings. The molecule has 5 nitrogen and oxygen atoms in total. The summed E-state index contributed by atoms with van der Waals surface area (Å²) in [4.78, 5) is 17.9. The molecule has 0 aliphatic carbocycles.